The number of hydrogen-bond donors (Lipinski definition) is 0. The molecule has 0 bridgehead atoms. The number of carbonyl (C=O) groups excluding carboxylic acids is 2. The van der Waals surface area contributed by atoms with Crippen molar-refractivity contribution < 1.29 is 9.59 Å². The molecule has 5 heteroatoms. The quantitative estimate of drug-likeness (QED) is 0.598. The molecule has 1 amide bonds. The van der Waals surface area contributed by atoms with Gasteiger partial charge < -0.3 is 4.90 Å². The summed E-state index contributed by atoms with van der Waals surface area (Å²) in [5.74, 6) is -0.463. The zero-order valence-electron chi connectivity index (χ0n) is 9.95. The molecular formula is C13H13Br2NO2. The number of rotatable bonds is 4. The van der Waals surface area contributed by atoms with E-state index in [1.54, 1.807) is 11.0 Å². The van der Waals surface area contributed by atoms with Gasteiger partial charge in [0.2, 0.25) is 0 Å². The zero-order valence-corrected chi connectivity index (χ0v) is 13.1. The number of nitrogens with zero attached hydrogens (tertiary/aromatic N) is 1. The minimum Gasteiger partial charge on any atom is -0.304 e. The van der Waals surface area contributed by atoms with Crippen LogP contribution in [0, 0.1) is 5.92 Å². The fraction of sp³-hybridized carbons (Fsp3) is 0.385. The highest BCUT2D eigenvalue weighted by atomic mass is 79.9. The number of halogens is 2. The van der Waals surface area contributed by atoms with Gasteiger partial charge in [0, 0.05) is 16.3 Å². The van der Waals surface area contributed by atoms with E-state index in [2.05, 4.69) is 38.8 Å². The second-order valence-corrected chi connectivity index (χ2v) is 5.90. The second-order valence-electron chi connectivity index (χ2n) is 4.33. The molecule has 1 aliphatic rings. The van der Waals surface area contributed by atoms with Crippen molar-refractivity contribution >= 4 is 49.2 Å². The van der Waals surface area contributed by atoms with Gasteiger partial charge in [-0.2, -0.15) is 0 Å². The molecule has 0 aromatic heterocycles. The molecule has 1 atom stereocenters. The van der Waals surface area contributed by atoms with E-state index in [1.165, 1.54) is 0 Å². The molecule has 1 aromatic carbocycles. The van der Waals surface area contributed by atoms with Gasteiger partial charge in [-0.1, -0.05) is 45.2 Å². The van der Waals surface area contributed by atoms with Gasteiger partial charge in [0.15, 0.2) is 0 Å². The molecule has 0 spiro atoms. The molecule has 0 fully saturated rings. The maximum atomic E-state index is 12.0. The van der Waals surface area contributed by atoms with Crippen molar-refractivity contribution in [2.24, 2.45) is 5.92 Å². The molecule has 96 valence electrons. The molecule has 2 rings (SSSR count). The normalized spacial score (nSPS) is 16.1. The minimum atomic E-state index is -0.414. The van der Waals surface area contributed by atoms with Gasteiger partial charge in [0.25, 0.3) is 11.7 Å². The number of carbonyl (C=O) groups is 2. The number of alkyl halides is 1. The molecule has 3 nitrogen and oxygen atoms in total. The number of anilines is 1. The third-order valence-corrected chi connectivity index (χ3v) is 4.58. The predicted octanol–water partition coefficient (Wildman–Crippen LogP) is 3.40. The van der Waals surface area contributed by atoms with Crippen molar-refractivity contribution in [1.82, 2.24) is 0 Å². The zero-order chi connectivity index (χ0) is 13.3. The third-order valence-electron chi connectivity index (χ3n) is 3.17. The summed E-state index contributed by atoms with van der Waals surface area (Å²) < 4.78 is 0.816. The van der Waals surface area contributed by atoms with Crippen LogP contribution >= 0.6 is 31.9 Å². The summed E-state index contributed by atoms with van der Waals surface area (Å²) in [6.07, 6.45) is 0.967. The van der Waals surface area contributed by atoms with Crippen LogP contribution in [0.3, 0.4) is 0 Å². The van der Waals surface area contributed by atoms with E-state index in [0.717, 1.165) is 21.9 Å². The molecule has 1 heterocycles. The van der Waals surface area contributed by atoms with Gasteiger partial charge in [-0.3, -0.25) is 9.59 Å². The first-order chi connectivity index (χ1) is 8.58. The third kappa shape index (κ3) is 2.38. The van der Waals surface area contributed by atoms with Crippen LogP contribution in [0.25, 0.3) is 0 Å². The smallest absolute Gasteiger partial charge is 0.299 e. The Morgan fingerprint density at radius 1 is 1.33 bits per heavy atom. The van der Waals surface area contributed by atoms with Crippen molar-refractivity contribution in [1.29, 1.82) is 0 Å². The number of amides is 1. The van der Waals surface area contributed by atoms with E-state index in [0.29, 0.717) is 18.0 Å². The van der Waals surface area contributed by atoms with Crippen molar-refractivity contribution in [3.8, 4) is 0 Å². The van der Waals surface area contributed by atoms with Gasteiger partial charge in [-0.15, -0.1) is 0 Å². The Bertz CT molecular complexity index is 498. The van der Waals surface area contributed by atoms with E-state index in [1.807, 2.05) is 12.1 Å². The van der Waals surface area contributed by atoms with Crippen LogP contribution in [-0.4, -0.2) is 23.6 Å². The summed E-state index contributed by atoms with van der Waals surface area (Å²) in [4.78, 5) is 25.5. The first-order valence-electron chi connectivity index (χ1n) is 5.80. The largest absolute Gasteiger partial charge is 0.304 e. The Hall–Kier alpha value is -0.680. The fourth-order valence-corrected chi connectivity index (χ4v) is 3.02. The average molecular weight is 375 g/mol. The van der Waals surface area contributed by atoms with Gasteiger partial charge in [-0.05, 0) is 24.1 Å². The van der Waals surface area contributed by atoms with E-state index in [-0.39, 0.29) is 0 Å². The average Bonchev–Trinajstić information content (AvgIpc) is 2.60. The Balaban J connectivity index is 2.34. The molecule has 0 N–H and O–H groups in total. The van der Waals surface area contributed by atoms with E-state index < -0.39 is 11.7 Å². The van der Waals surface area contributed by atoms with Crippen LogP contribution in [-0.2, 0) is 4.79 Å². The Morgan fingerprint density at radius 2 is 2.06 bits per heavy atom. The molecule has 0 aliphatic carbocycles. The minimum absolute atomic E-state index is 0.358. The molecular weight excluding hydrogens is 362 g/mol. The van der Waals surface area contributed by atoms with Crippen LogP contribution in [0.5, 0.6) is 0 Å². The van der Waals surface area contributed by atoms with Gasteiger partial charge >= 0.3 is 0 Å². The molecule has 0 radical (unpaired) electrons. The second kappa shape index (κ2) is 5.53. The van der Waals surface area contributed by atoms with Crippen LogP contribution in [0.4, 0.5) is 5.69 Å². The molecule has 1 aromatic rings. The Morgan fingerprint density at radius 3 is 2.67 bits per heavy atom. The first-order valence-corrected chi connectivity index (χ1v) is 7.71. The highest BCUT2D eigenvalue weighted by Gasteiger charge is 2.36. The Kier molecular flexibility index (Phi) is 4.22. The molecule has 18 heavy (non-hydrogen) atoms. The summed E-state index contributed by atoms with van der Waals surface area (Å²) >= 11 is 6.76. The van der Waals surface area contributed by atoms with Crippen LogP contribution in [0.15, 0.2) is 22.7 Å². The number of fused-ring (bicyclic) bond motifs is 1. The maximum Gasteiger partial charge on any atom is 0.299 e. The number of benzene rings is 1. The lowest BCUT2D eigenvalue weighted by atomic mass is 10.1. The van der Waals surface area contributed by atoms with Crippen LogP contribution < -0.4 is 4.90 Å². The summed E-state index contributed by atoms with van der Waals surface area (Å²) in [7, 11) is 0. The summed E-state index contributed by atoms with van der Waals surface area (Å²) in [5, 5.41) is 0.827. The summed E-state index contributed by atoms with van der Waals surface area (Å²) in [5.41, 5.74) is 1.23. The monoisotopic (exact) mass is 373 g/mol. The van der Waals surface area contributed by atoms with Gasteiger partial charge in [0.05, 0.1) is 11.3 Å². The highest BCUT2D eigenvalue weighted by molar-refractivity contribution is 9.10. The summed E-state index contributed by atoms with van der Waals surface area (Å²) in [6, 6.07) is 5.39. The van der Waals surface area contributed by atoms with E-state index >= 15 is 0 Å². The van der Waals surface area contributed by atoms with Gasteiger partial charge in [0.1, 0.15) is 0 Å². The molecule has 1 unspecified atom stereocenters. The standard InChI is InChI=1S/C13H13Br2NO2/c1-2-8(6-14)7-16-11-4-3-9(15)5-10(11)12(17)13(16)18/h3-5,8H,2,6-7H2,1H3. The van der Waals surface area contributed by atoms with E-state index in [4.69, 9.17) is 0 Å². The van der Waals surface area contributed by atoms with Crippen molar-refractivity contribution in [3.63, 3.8) is 0 Å². The van der Waals surface area contributed by atoms with Crippen LogP contribution in [0.2, 0.25) is 0 Å². The van der Waals surface area contributed by atoms with E-state index in [9.17, 15) is 9.59 Å². The molecule has 0 saturated carbocycles. The Labute approximate surface area is 123 Å². The molecule has 0 saturated heterocycles. The van der Waals surface area contributed by atoms with Gasteiger partial charge in [-0.25, -0.2) is 0 Å². The lowest BCUT2D eigenvalue weighted by Gasteiger charge is -2.21. The fourth-order valence-electron chi connectivity index (χ4n) is 2.00. The van der Waals surface area contributed by atoms with Crippen molar-refractivity contribution in [3.05, 3.63) is 28.2 Å². The SMILES string of the molecule is CCC(CBr)CN1C(=O)C(=O)c2cc(Br)ccc21. The topological polar surface area (TPSA) is 37.4 Å². The predicted molar refractivity (Wildman–Crippen MR) is 78.4 cm³/mol. The van der Waals surface area contributed by atoms with Crippen LogP contribution in [0.1, 0.15) is 23.7 Å². The highest BCUT2D eigenvalue weighted by Crippen LogP contribution is 2.32. The van der Waals surface area contributed by atoms with Crippen molar-refractivity contribution in [2.45, 2.75) is 13.3 Å². The maximum absolute atomic E-state index is 12.0. The number of Topliss-reactive ketones (excluding diaryl/α,β-unsaturated/α-hetero) is 1. The lowest BCUT2D eigenvalue weighted by Crippen LogP contribution is -2.34. The number of ketones is 1. The van der Waals surface area contributed by atoms with Crippen molar-refractivity contribution in [2.75, 3.05) is 16.8 Å². The molecule has 1 aliphatic heterocycles. The summed E-state index contributed by atoms with van der Waals surface area (Å²) in [6.45, 7) is 2.66. The number of hydrogen-bond acceptors (Lipinski definition) is 2. The lowest BCUT2D eigenvalue weighted by molar-refractivity contribution is -0.114. The first kappa shape index (κ1) is 13.7.